The Morgan fingerprint density at radius 2 is 0.684 bits per heavy atom. The fraction of sp³-hybridized carbons (Fsp3) is 0.600. The number of hydrogen-bond acceptors (Lipinski definition) is 2. The van der Waals surface area contributed by atoms with Crippen molar-refractivity contribution in [2.24, 2.45) is 0 Å². The monoisotopic (exact) mass is 614 g/mol. The van der Waals surface area contributed by atoms with Crippen molar-refractivity contribution < 1.29 is 103 Å². The van der Waals surface area contributed by atoms with Crippen molar-refractivity contribution in [1.82, 2.24) is 0 Å². The minimum atomic E-state index is -8.83. The summed E-state index contributed by atoms with van der Waals surface area (Å²) in [5, 5.41) is 15.2. The van der Waals surface area contributed by atoms with Crippen molar-refractivity contribution in [3.8, 4) is 0 Å². The van der Waals surface area contributed by atoms with Gasteiger partial charge in [0.15, 0.2) is 0 Å². The van der Waals surface area contributed by atoms with Crippen LogP contribution in [-0.4, -0.2) is 76.2 Å². The van der Waals surface area contributed by atoms with Gasteiger partial charge in [0.2, 0.25) is 0 Å². The Balaban J connectivity index is -0.00000103. The SMILES string of the molecule is C=CC(=O)O.C=CC(=O)O.FC(F)C(F)(F)C(F)(F)C(F)(F)C(F)(F)C(F)(F)C(F)(F)C(F)(F)C(F)(F)F. The van der Waals surface area contributed by atoms with Gasteiger partial charge in [-0.2, -0.15) is 74.6 Å². The second kappa shape index (κ2) is 11.9. The predicted molar refractivity (Wildman–Crippen MR) is 82.4 cm³/mol. The molecule has 0 saturated carbocycles. The van der Waals surface area contributed by atoms with E-state index in [1.165, 1.54) is 0 Å². The molecule has 0 aromatic heterocycles. The van der Waals surface area contributed by atoms with E-state index in [0.29, 0.717) is 0 Å². The van der Waals surface area contributed by atoms with Crippen LogP contribution in [0.2, 0.25) is 0 Å². The molecule has 0 spiro atoms. The van der Waals surface area contributed by atoms with E-state index in [1.807, 2.05) is 0 Å². The molecule has 0 aliphatic rings. The van der Waals surface area contributed by atoms with E-state index in [9.17, 15) is 93.0 Å². The van der Waals surface area contributed by atoms with Crippen LogP contribution in [0.15, 0.2) is 25.3 Å². The quantitative estimate of drug-likeness (QED) is 0.222. The van der Waals surface area contributed by atoms with Gasteiger partial charge in [0, 0.05) is 12.2 Å². The first-order valence-electron chi connectivity index (χ1n) is 7.94. The van der Waals surface area contributed by atoms with Gasteiger partial charge in [-0.1, -0.05) is 13.2 Å². The summed E-state index contributed by atoms with van der Waals surface area (Å²) >= 11 is 0. The summed E-state index contributed by atoms with van der Waals surface area (Å²) in [7, 11) is 0. The fourth-order valence-electron chi connectivity index (χ4n) is 1.31. The number of hydrogen-bond donors (Lipinski definition) is 2. The van der Waals surface area contributed by atoms with Gasteiger partial charge >= 0.3 is 66.0 Å². The molecule has 226 valence electrons. The highest BCUT2D eigenvalue weighted by Gasteiger charge is 2.95. The van der Waals surface area contributed by atoms with Gasteiger partial charge in [0.1, 0.15) is 0 Å². The first kappa shape index (κ1) is 39.6. The molecule has 0 fully saturated rings. The number of halogens is 19. The minimum Gasteiger partial charge on any atom is -0.478 e. The summed E-state index contributed by atoms with van der Waals surface area (Å²) in [5.74, 6) is -61.2. The highest BCUT2D eigenvalue weighted by atomic mass is 19.4. The first-order chi connectivity index (χ1) is 16.2. The fourth-order valence-corrected chi connectivity index (χ4v) is 1.31. The Morgan fingerprint density at radius 1 is 0.500 bits per heavy atom. The van der Waals surface area contributed by atoms with Crippen molar-refractivity contribution in [2.45, 2.75) is 54.1 Å². The number of aliphatic carboxylic acids is 2. The third kappa shape index (κ3) is 6.94. The molecule has 0 unspecified atom stereocenters. The number of carboxylic acids is 2. The summed E-state index contributed by atoms with van der Waals surface area (Å²) in [6.45, 7) is 5.92. The van der Waals surface area contributed by atoms with Gasteiger partial charge in [-0.15, -0.1) is 0 Å². The Bertz CT molecular complexity index is 826. The van der Waals surface area contributed by atoms with Crippen LogP contribution in [-0.2, 0) is 9.59 Å². The van der Waals surface area contributed by atoms with Crippen molar-refractivity contribution in [3.63, 3.8) is 0 Å². The number of alkyl halides is 19. The van der Waals surface area contributed by atoms with Crippen LogP contribution < -0.4 is 0 Å². The van der Waals surface area contributed by atoms with Gasteiger partial charge < -0.3 is 10.2 Å². The van der Waals surface area contributed by atoms with E-state index in [2.05, 4.69) is 13.2 Å². The molecule has 0 aromatic rings. The smallest absolute Gasteiger partial charge is 0.460 e. The molecule has 23 heteroatoms. The highest BCUT2D eigenvalue weighted by molar-refractivity contribution is 5.79. The number of rotatable bonds is 9. The lowest BCUT2D eigenvalue weighted by atomic mass is 9.89. The highest BCUT2D eigenvalue weighted by Crippen LogP contribution is 2.64. The second-order valence-corrected chi connectivity index (χ2v) is 5.95. The van der Waals surface area contributed by atoms with Crippen molar-refractivity contribution >= 4 is 11.9 Å². The molecule has 0 rings (SSSR count). The van der Waals surface area contributed by atoms with Gasteiger partial charge in [-0.05, 0) is 0 Å². The summed E-state index contributed by atoms with van der Waals surface area (Å²) in [6.07, 6.45) is -12.2. The summed E-state index contributed by atoms with van der Waals surface area (Å²) in [6, 6.07) is 0. The molecule has 0 aromatic carbocycles. The van der Waals surface area contributed by atoms with Gasteiger partial charge in [0.05, 0.1) is 0 Å². The summed E-state index contributed by atoms with van der Waals surface area (Å²) in [4.78, 5) is 18.5. The Hall–Kier alpha value is -2.91. The molecular weight excluding hydrogens is 605 g/mol. The van der Waals surface area contributed by atoms with Crippen molar-refractivity contribution in [2.75, 3.05) is 0 Å². The van der Waals surface area contributed by atoms with Crippen LogP contribution >= 0.6 is 0 Å². The van der Waals surface area contributed by atoms with Crippen molar-refractivity contribution in [3.05, 3.63) is 25.3 Å². The minimum absolute atomic E-state index is 0.833. The summed E-state index contributed by atoms with van der Waals surface area (Å²) < 4.78 is 236. The second-order valence-electron chi connectivity index (χ2n) is 5.95. The lowest BCUT2D eigenvalue weighted by Crippen LogP contribution is -2.75. The van der Waals surface area contributed by atoms with Crippen LogP contribution in [0.4, 0.5) is 83.4 Å². The van der Waals surface area contributed by atoms with Gasteiger partial charge in [-0.3, -0.25) is 0 Å². The van der Waals surface area contributed by atoms with E-state index < -0.39 is 66.0 Å². The van der Waals surface area contributed by atoms with Gasteiger partial charge in [-0.25, -0.2) is 18.4 Å². The van der Waals surface area contributed by atoms with Crippen LogP contribution in [0.3, 0.4) is 0 Å². The van der Waals surface area contributed by atoms with Crippen LogP contribution in [0.1, 0.15) is 0 Å². The van der Waals surface area contributed by atoms with Crippen molar-refractivity contribution in [1.29, 1.82) is 0 Å². The third-order valence-electron chi connectivity index (χ3n) is 3.37. The molecule has 2 N–H and O–H groups in total. The lowest BCUT2D eigenvalue weighted by molar-refractivity contribution is -0.464. The lowest BCUT2D eigenvalue weighted by Gasteiger charge is -2.42. The molecular formula is C15H9F19O4. The molecule has 0 atom stereocenters. The maximum Gasteiger partial charge on any atom is 0.460 e. The topological polar surface area (TPSA) is 74.6 Å². The molecule has 38 heavy (non-hydrogen) atoms. The maximum absolute atomic E-state index is 12.9. The zero-order valence-electron chi connectivity index (χ0n) is 17.0. The summed E-state index contributed by atoms with van der Waals surface area (Å²) in [5.41, 5.74) is 0. The molecule has 0 saturated heterocycles. The first-order valence-corrected chi connectivity index (χ1v) is 7.94. The molecule has 0 aliphatic heterocycles. The molecule has 0 bridgehead atoms. The van der Waals surface area contributed by atoms with Gasteiger partial charge in [0.25, 0.3) is 0 Å². The zero-order valence-corrected chi connectivity index (χ0v) is 17.0. The average Bonchev–Trinajstić information content (AvgIpc) is 2.72. The Kier molecular flexibility index (Phi) is 12.4. The standard InChI is InChI=1S/C9HF19.2C3H4O2/c10-1(11)2(12,13)3(14,15)4(16,17)5(18,19)6(20,21)7(22,23)8(24,25)9(26,27)28;2*1-2-3(4)5/h1H;2*2H,1H2,(H,4,5). The van der Waals surface area contributed by atoms with E-state index in [0.717, 1.165) is 12.2 Å². The maximum atomic E-state index is 12.9. The van der Waals surface area contributed by atoms with E-state index >= 15 is 0 Å². The Labute approximate surface area is 196 Å². The van der Waals surface area contributed by atoms with Crippen LogP contribution in [0.25, 0.3) is 0 Å². The third-order valence-corrected chi connectivity index (χ3v) is 3.37. The van der Waals surface area contributed by atoms with Crippen LogP contribution in [0.5, 0.6) is 0 Å². The van der Waals surface area contributed by atoms with E-state index in [4.69, 9.17) is 10.2 Å². The number of carbonyl (C=O) groups is 2. The van der Waals surface area contributed by atoms with E-state index in [1.54, 1.807) is 0 Å². The van der Waals surface area contributed by atoms with Crippen LogP contribution in [0, 0.1) is 0 Å². The molecule has 0 radical (unpaired) electrons. The molecule has 0 heterocycles. The average molecular weight is 614 g/mol. The zero-order chi connectivity index (χ0) is 32.1. The largest absolute Gasteiger partial charge is 0.478 e. The number of carboxylic acid groups (broad SMARTS) is 2. The Morgan fingerprint density at radius 3 is 0.842 bits per heavy atom. The molecule has 4 nitrogen and oxygen atoms in total. The van der Waals surface area contributed by atoms with E-state index in [-0.39, 0.29) is 0 Å². The molecule has 0 amide bonds. The predicted octanol–water partition coefficient (Wildman–Crippen LogP) is 6.77. The molecule has 0 aliphatic carbocycles. The normalized spacial score (nSPS) is 14.0.